The van der Waals surface area contributed by atoms with Crippen molar-refractivity contribution in [3.63, 3.8) is 0 Å². The van der Waals surface area contributed by atoms with Gasteiger partial charge in [0.1, 0.15) is 0 Å². The van der Waals surface area contributed by atoms with Gasteiger partial charge in [0.25, 0.3) is 0 Å². The summed E-state index contributed by atoms with van der Waals surface area (Å²) in [5.41, 5.74) is 5.36. The maximum atomic E-state index is 10.4. The Morgan fingerprint density at radius 1 is 1.27 bits per heavy atom. The van der Waals surface area contributed by atoms with Crippen molar-refractivity contribution in [2.24, 2.45) is 5.73 Å². The summed E-state index contributed by atoms with van der Waals surface area (Å²) in [6.07, 6.45) is 4.37. The average Bonchev–Trinajstić information content (AvgIpc) is 1.86. The van der Waals surface area contributed by atoms with Crippen molar-refractivity contribution in [2.75, 3.05) is 0 Å². The highest BCUT2D eigenvalue weighted by Crippen LogP contribution is 1.90. The Balaban J connectivity index is 4.13. The zero-order chi connectivity index (χ0) is 8.85. The summed E-state index contributed by atoms with van der Waals surface area (Å²) in [6.45, 7) is 3.02. The smallest absolute Gasteiger partial charge is 0.244 e. The lowest BCUT2D eigenvalue weighted by Gasteiger charge is -1.87. The summed E-state index contributed by atoms with van der Waals surface area (Å²) in [5, 5.41) is 0. The maximum Gasteiger partial charge on any atom is 0.244 e. The first-order valence-corrected chi connectivity index (χ1v) is 3.19. The van der Waals surface area contributed by atoms with Gasteiger partial charge in [-0.25, -0.2) is 0 Å². The van der Waals surface area contributed by atoms with Crippen molar-refractivity contribution in [3.05, 3.63) is 23.8 Å². The molecule has 1 amide bonds. The Bertz CT molecular complexity index is 226. The normalized spacial score (nSPS) is 12.0. The first kappa shape index (κ1) is 9.62. The van der Waals surface area contributed by atoms with Crippen molar-refractivity contribution in [3.8, 4) is 0 Å². The average molecular weight is 153 g/mol. The number of allylic oxidation sites excluding steroid dienone is 3. The standard InChI is InChI=1S/C8H11NO2/c1-6(8(9)11)4-3-5-7(2)10/h3-5H,1-2H3,(H2,9,11)/b5-3+,6-4-. The number of hydrogen-bond acceptors (Lipinski definition) is 2. The van der Waals surface area contributed by atoms with Crippen LogP contribution in [-0.2, 0) is 9.59 Å². The molecular weight excluding hydrogens is 142 g/mol. The summed E-state index contributed by atoms with van der Waals surface area (Å²) in [4.78, 5) is 20.8. The molecule has 0 saturated carbocycles. The van der Waals surface area contributed by atoms with E-state index in [-0.39, 0.29) is 5.78 Å². The number of carbonyl (C=O) groups is 2. The zero-order valence-corrected chi connectivity index (χ0v) is 6.63. The van der Waals surface area contributed by atoms with E-state index < -0.39 is 5.91 Å². The molecule has 60 valence electrons. The van der Waals surface area contributed by atoms with Gasteiger partial charge in [-0.05, 0) is 19.9 Å². The fourth-order valence-electron chi connectivity index (χ4n) is 0.410. The number of amides is 1. The Morgan fingerprint density at radius 2 is 1.82 bits per heavy atom. The van der Waals surface area contributed by atoms with Crippen LogP contribution in [0.15, 0.2) is 23.8 Å². The van der Waals surface area contributed by atoms with Crippen LogP contribution in [0.3, 0.4) is 0 Å². The molecule has 0 radical (unpaired) electrons. The molecule has 0 atom stereocenters. The van der Waals surface area contributed by atoms with Gasteiger partial charge in [-0.3, -0.25) is 9.59 Å². The molecular formula is C8H11NO2. The van der Waals surface area contributed by atoms with E-state index in [1.807, 2.05) is 0 Å². The quantitative estimate of drug-likeness (QED) is 0.475. The number of primary amides is 1. The molecule has 11 heavy (non-hydrogen) atoms. The van der Waals surface area contributed by atoms with Crippen molar-refractivity contribution in [2.45, 2.75) is 13.8 Å². The second-order valence-electron chi connectivity index (χ2n) is 2.18. The van der Waals surface area contributed by atoms with Crippen LogP contribution in [0.4, 0.5) is 0 Å². The highest BCUT2D eigenvalue weighted by Gasteiger charge is 1.92. The predicted octanol–water partition coefficient (Wildman–Crippen LogP) is 0.563. The minimum Gasteiger partial charge on any atom is -0.366 e. The third-order valence-corrected chi connectivity index (χ3v) is 1.07. The minimum absolute atomic E-state index is 0.0569. The molecule has 0 fully saturated rings. The molecule has 3 nitrogen and oxygen atoms in total. The van der Waals surface area contributed by atoms with E-state index in [4.69, 9.17) is 5.73 Å². The highest BCUT2D eigenvalue weighted by molar-refractivity contribution is 5.92. The number of carbonyl (C=O) groups excluding carboxylic acids is 2. The van der Waals surface area contributed by atoms with Gasteiger partial charge in [0.15, 0.2) is 5.78 Å². The second-order valence-corrected chi connectivity index (χ2v) is 2.18. The fraction of sp³-hybridized carbons (Fsp3) is 0.250. The topological polar surface area (TPSA) is 60.2 Å². The molecule has 0 unspecified atom stereocenters. The van der Waals surface area contributed by atoms with E-state index in [0.717, 1.165) is 0 Å². The summed E-state index contributed by atoms with van der Waals surface area (Å²) in [5.74, 6) is -0.531. The number of hydrogen-bond donors (Lipinski definition) is 1. The van der Waals surface area contributed by atoms with Crippen LogP contribution < -0.4 is 5.73 Å². The van der Waals surface area contributed by atoms with Crippen LogP contribution in [0, 0.1) is 0 Å². The summed E-state index contributed by atoms with van der Waals surface area (Å²) in [6, 6.07) is 0. The Labute approximate surface area is 65.6 Å². The number of nitrogens with two attached hydrogens (primary N) is 1. The highest BCUT2D eigenvalue weighted by atomic mass is 16.1. The fourth-order valence-corrected chi connectivity index (χ4v) is 0.410. The SMILES string of the molecule is CC(=O)/C=C/C=C(/C)C(N)=O. The van der Waals surface area contributed by atoms with Gasteiger partial charge in [0.05, 0.1) is 0 Å². The van der Waals surface area contributed by atoms with Gasteiger partial charge < -0.3 is 5.73 Å². The monoisotopic (exact) mass is 153 g/mol. The first-order chi connectivity index (χ1) is 5.04. The molecule has 2 N–H and O–H groups in total. The van der Waals surface area contributed by atoms with E-state index >= 15 is 0 Å². The largest absolute Gasteiger partial charge is 0.366 e. The molecule has 0 aliphatic rings. The van der Waals surface area contributed by atoms with Crippen molar-refractivity contribution in [1.29, 1.82) is 0 Å². The summed E-state index contributed by atoms with van der Waals surface area (Å²) in [7, 11) is 0. The molecule has 0 aliphatic carbocycles. The van der Waals surface area contributed by atoms with E-state index in [1.54, 1.807) is 6.92 Å². The van der Waals surface area contributed by atoms with Crippen LogP contribution in [0.1, 0.15) is 13.8 Å². The Hall–Kier alpha value is -1.38. The predicted molar refractivity (Wildman–Crippen MR) is 42.8 cm³/mol. The molecule has 0 aromatic carbocycles. The van der Waals surface area contributed by atoms with Crippen molar-refractivity contribution < 1.29 is 9.59 Å². The number of ketones is 1. The van der Waals surface area contributed by atoms with Gasteiger partial charge in [0, 0.05) is 5.57 Å². The van der Waals surface area contributed by atoms with Gasteiger partial charge in [0.2, 0.25) is 5.91 Å². The van der Waals surface area contributed by atoms with Gasteiger partial charge >= 0.3 is 0 Å². The maximum absolute atomic E-state index is 10.4. The Kier molecular flexibility index (Phi) is 3.88. The van der Waals surface area contributed by atoms with Crippen molar-refractivity contribution in [1.82, 2.24) is 0 Å². The van der Waals surface area contributed by atoms with Crippen LogP contribution in [0.2, 0.25) is 0 Å². The Morgan fingerprint density at radius 3 is 2.18 bits per heavy atom. The lowest BCUT2D eigenvalue weighted by Crippen LogP contribution is -2.11. The van der Waals surface area contributed by atoms with Gasteiger partial charge in [-0.1, -0.05) is 12.2 Å². The van der Waals surface area contributed by atoms with Crippen LogP contribution in [0.25, 0.3) is 0 Å². The summed E-state index contributed by atoms with van der Waals surface area (Å²) >= 11 is 0. The van der Waals surface area contributed by atoms with E-state index in [9.17, 15) is 9.59 Å². The minimum atomic E-state index is -0.474. The van der Waals surface area contributed by atoms with Crippen LogP contribution in [-0.4, -0.2) is 11.7 Å². The zero-order valence-electron chi connectivity index (χ0n) is 6.63. The molecule has 0 heterocycles. The lowest BCUT2D eigenvalue weighted by molar-refractivity contribution is -0.114. The lowest BCUT2D eigenvalue weighted by atomic mass is 10.2. The van der Waals surface area contributed by atoms with E-state index in [0.29, 0.717) is 5.57 Å². The molecule has 0 spiro atoms. The number of rotatable bonds is 3. The molecule has 0 aliphatic heterocycles. The van der Waals surface area contributed by atoms with Gasteiger partial charge in [-0.2, -0.15) is 0 Å². The van der Waals surface area contributed by atoms with E-state index in [1.165, 1.54) is 25.2 Å². The third kappa shape index (κ3) is 5.08. The molecule has 0 bridgehead atoms. The third-order valence-electron chi connectivity index (χ3n) is 1.07. The molecule has 0 rings (SSSR count). The first-order valence-electron chi connectivity index (χ1n) is 3.19. The van der Waals surface area contributed by atoms with Crippen molar-refractivity contribution >= 4 is 11.7 Å². The molecule has 0 saturated heterocycles. The van der Waals surface area contributed by atoms with Crippen LogP contribution in [0.5, 0.6) is 0 Å². The molecule has 0 aromatic rings. The molecule has 0 aromatic heterocycles. The second kappa shape index (κ2) is 4.44. The molecule has 3 heteroatoms. The van der Waals surface area contributed by atoms with Crippen LogP contribution >= 0.6 is 0 Å². The summed E-state index contributed by atoms with van der Waals surface area (Å²) < 4.78 is 0. The van der Waals surface area contributed by atoms with Gasteiger partial charge in [-0.15, -0.1) is 0 Å². The van der Waals surface area contributed by atoms with E-state index in [2.05, 4.69) is 0 Å².